The van der Waals surface area contributed by atoms with Crippen molar-refractivity contribution in [3.63, 3.8) is 0 Å². The fourth-order valence-corrected chi connectivity index (χ4v) is 4.49. The summed E-state index contributed by atoms with van der Waals surface area (Å²) in [6, 6.07) is 29.2. The minimum atomic E-state index is -0.188. The molecule has 3 aromatic rings. The van der Waals surface area contributed by atoms with Crippen LogP contribution in [0.4, 0.5) is 0 Å². The molecule has 0 aromatic heterocycles. The van der Waals surface area contributed by atoms with Crippen molar-refractivity contribution in [1.82, 2.24) is 0 Å². The van der Waals surface area contributed by atoms with Crippen molar-refractivity contribution in [1.29, 1.82) is 0 Å². The van der Waals surface area contributed by atoms with E-state index in [9.17, 15) is 4.79 Å². The molecule has 0 saturated carbocycles. The van der Waals surface area contributed by atoms with Gasteiger partial charge in [0.25, 0.3) is 0 Å². The van der Waals surface area contributed by atoms with Crippen molar-refractivity contribution in [2.45, 2.75) is 12.8 Å². The highest BCUT2D eigenvalue weighted by molar-refractivity contribution is 8.04. The summed E-state index contributed by atoms with van der Waals surface area (Å²) in [6.07, 6.45) is 1.70. The molecule has 28 heavy (non-hydrogen) atoms. The van der Waals surface area contributed by atoms with Crippen LogP contribution < -0.4 is 0 Å². The number of aryl methyl sites for hydroxylation is 1. The molecule has 140 valence electrons. The van der Waals surface area contributed by atoms with Gasteiger partial charge in [0.05, 0.1) is 11.5 Å². The number of esters is 1. The molecule has 0 aliphatic carbocycles. The fourth-order valence-electron chi connectivity index (χ4n) is 3.38. The van der Waals surface area contributed by atoms with Gasteiger partial charge in [-0.15, -0.1) is 11.8 Å². The number of thioether (sulfide) groups is 1. The summed E-state index contributed by atoms with van der Waals surface area (Å²) in [6.45, 7) is 0.456. The Morgan fingerprint density at radius 2 is 1.36 bits per heavy atom. The Morgan fingerprint density at radius 3 is 2.07 bits per heavy atom. The van der Waals surface area contributed by atoms with Gasteiger partial charge in [-0.25, -0.2) is 4.79 Å². The van der Waals surface area contributed by atoms with Gasteiger partial charge in [0.1, 0.15) is 0 Å². The molecule has 1 heterocycles. The number of carbonyl (C=O) groups excluding carboxylic acids is 1. The van der Waals surface area contributed by atoms with Crippen LogP contribution in [0.25, 0.3) is 16.7 Å². The highest BCUT2D eigenvalue weighted by Crippen LogP contribution is 2.35. The van der Waals surface area contributed by atoms with Crippen molar-refractivity contribution in [3.05, 3.63) is 101 Å². The third kappa shape index (κ3) is 4.37. The van der Waals surface area contributed by atoms with Gasteiger partial charge in [0.2, 0.25) is 0 Å². The zero-order valence-electron chi connectivity index (χ0n) is 15.6. The molecule has 0 bridgehead atoms. The molecule has 4 rings (SSSR count). The van der Waals surface area contributed by atoms with Crippen LogP contribution in [0.2, 0.25) is 0 Å². The lowest BCUT2D eigenvalue weighted by Crippen LogP contribution is -2.16. The predicted molar refractivity (Wildman–Crippen MR) is 117 cm³/mol. The van der Waals surface area contributed by atoms with Crippen molar-refractivity contribution in [2.75, 3.05) is 12.4 Å². The summed E-state index contributed by atoms with van der Waals surface area (Å²) in [4.78, 5) is 13.2. The van der Waals surface area contributed by atoms with Gasteiger partial charge in [-0.1, -0.05) is 84.9 Å². The second-order valence-corrected chi connectivity index (χ2v) is 7.83. The minimum absolute atomic E-state index is 0.188. The van der Waals surface area contributed by atoms with Crippen LogP contribution in [0.1, 0.15) is 17.5 Å². The van der Waals surface area contributed by atoms with Crippen molar-refractivity contribution in [2.24, 2.45) is 0 Å². The second-order valence-electron chi connectivity index (χ2n) is 6.72. The van der Waals surface area contributed by atoms with Crippen LogP contribution in [0.5, 0.6) is 0 Å². The first-order valence-corrected chi connectivity index (χ1v) is 10.5. The zero-order valence-corrected chi connectivity index (χ0v) is 16.5. The topological polar surface area (TPSA) is 26.3 Å². The van der Waals surface area contributed by atoms with E-state index in [0.29, 0.717) is 6.61 Å². The maximum atomic E-state index is 12.4. The Hall–Kier alpha value is -2.78. The first-order chi connectivity index (χ1) is 13.8. The molecule has 3 heteroatoms. The number of rotatable bonds is 6. The van der Waals surface area contributed by atoms with Gasteiger partial charge in [-0.2, -0.15) is 0 Å². The average Bonchev–Trinajstić information content (AvgIpc) is 2.76. The molecule has 0 unspecified atom stereocenters. The average molecular weight is 387 g/mol. The summed E-state index contributed by atoms with van der Waals surface area (Å²) in [5, 5.41) is 0. The molecule has 2 nitrogen and oxygen atoms in total. The first kappa shape index (κ1) is 18.6. The standard InChI is InChI=1S/C25H22O2S/c26-25-24(28-18-16-19-7-3-1-4-8-19)23(15-17-27-25)22-13-11-21(12-14-22)20-9-5-2-6-10-20/h1-14H,15-18H2. The lowest BCUT2D eigenvalue weighted by Gasteiger charge is -2.20. The molecular weight excluding hydrogens is 364 g/mol. The second kappa shape index (κ2) is 8.94. The van der Waals surface area contributed by atoms with Gasteiger partial charge < -0.3 is 4.74 Å². The summed E-state index contributed by atoms with van der Waals surface area (Å²) < 4.78 is 5.32. The summed E-state index contributed by atoms with van der Waals surface area (Å²) >= 11 is 1.61. The van der Waals surface area contributed by atoms with Crippen molar-refractivity contribution < 1.29 is 9.53 Å². The number of ether oxygens (including phenoxy) is 1. The van der Waals surface area contributed by atoms with Gasteiger partial charge in [0, 0.05) is 12.2 Å². The van der Waals surface area contributed by atoms with Crippen molar-refractivity contribution >= 4 is 23.3 Å². The molecule has 0 spiro atoms. The van der Waals surface area contributed by atoms with Crippen LogP contribution in [0.15, 0.2) is 89.8 Å². The summed E-state index contributed by atoms with van der Waals surface area (Å²) in [5.74, 6) is 0.673. The number of hydrogen-bond acceptors (Lipinski definition) is 3. The van der Waals surface area contributed by atoms with Crippen LogP contribution in [-0.4, -0.2) is 18.3 Å². The number of carbonyl (C=O) groups is 1. The predicted octanol–water partition coefficient (Wildman–Crippen LogP) is 5.99. The molecule has 1 aliphatic heterocycles. The van der Waals surface area contributed by atoms with Crippen LogP contribution in [-0.2, 0) is 16.0 Å². The van der Waals surface area contributed by atoms with E-state index in [1.807, 2.05) is 36.4 Å². The molecule has 0 fully saturated rings. The Morgan fingerprint density at radius 1 is 0.750 bits per heavy atom. The van der Waals surface area contributed by atoms with Gasteiger partial charge >= 0.3 is 5.97 Å². The summed E-state index contributed by atoms with van der Waals surface area (Å²) in [5.41, 5.74) is 5.88. The number of cyclic esters (lactones) is 1. The van der Waals surface area contributed by atoms with Crippen LogP contribution in [0.3, 0.4) is 0 Å². The van der Waals surface area contributed by atoms with E-state index in [0.717, 1.165) is 34.6 Å². The van der Waals surface area contributed by atoms with E-state index in [-0.39, 0.29) is 5.97 Å². The third-order valence-electron chi connectivity index (χ3n) is 4.87. The van der Waals surface area contributed by atoms with E-state index in [1.165, 1.54) is 16.7 Å². The Labute approximate surface area is 170 Å². The highest BCUT2D eigenvalue weighted by Gasteiger charge is 2.23. The van der Waals surface area contributed by atoms with Crippen molar-refractivity contribution in [3.8, 4) is 11.1 Å². The molecule has 0 amide bonds. The Balaban J connectivity index is 1.54. The van der Waals surface area contributed by atoms with Gasteiger partial charge in [-0.05, 0) is 34.2 Å². The lowest BCUT2D eigenvalue weighted by atomic mass is 9.98. The quantitative estimate of drug-likeness (QED) is 0.487. The minimum Gasteiger partial charge on any atom is -0.461 e. The van der Waals surface area contributed by atoms with Crippen LogP contribution in [0, 0.1) is 0 Å². The number of hydrogen-bond donors (Lipinski definition) is 0. The van der Waals surface area contributed by atoms with E-state index in [2.05, 4.69) is 48.5 Å². The molecule has 3 aromatic carbocycles. The van der Waals surface area contributed by atoms with E-state index >= 15 is 0 Å². The Bertz CT molecular complexity index is 960. The maximum Gasteiger partial charge on any atom is 0.344 e. The SMILES string of the molecule is O=C1OCCC(c2ccc(-c3ccccc3)cc2)=C1SCCc1ccccc1. The fraction of sp³-hybridized carbons (Fsp3) is 0.160. The number of benzene rings is 3. The summed E-state index contributed by atoms with van der Waals surface area (Å²) in [7, 11) is 0. The smallest absolute Gasteiger partial charge is 0.344 e. The molecule has 0 atom stereocenters. The van der Waals surface area contributed by atoms with E-state index in [4.69, 9.17) is 4.74 Å². The lowest BCUT2D eigenvalue weighted by molar-refractivity contribution is -0.138. The molecule has 0 N–H and O–H groups in total. The van der Waals surface area contributed by atoms with Crippen LogP contribution >= 0.6 is 11.8 Å². The Kier molecular flexibility index (Phi) is 5.93. The monoisotopic (exact) mass is 386 g/mol. The molecule has 0 saturated heterocycles. The molecule has 1 aliphatic rings. The van der Waals surface area contributed by atoms with E-state index in [1.54, 1.807) is 11.8 Å². The molecule has 0 radical (unpaired) electrons. The highest BCUT2D eigenvalue weighted by atomic mass is 32.2. The zero-order chi connectivity index (χ0) is 19.2. The first-order valence-electron chi connectivity index (χ1n) is 9.54. The third-order valence-corrected chi connectivity index (χ3v) is 5.98. The largest absolute Gasteiger partial charge is 0.461 e. The van der Waals surface area contributed by atoms with E-state index < -0.39 is 0 Å². The normalized spacial score (nSPS) is 14.1. The maximum absolute atomic E-state index is 12.4. The van der Waals surface area contributed by atoms with Gasteiger partial charge in [0.15, 0.2) is 0 Å². The molecular formula is C25H22O2S. The van der Waals surface area contributed by atoms with Gasteiger partial charge in [-0.3, -0.25) is 0 Å².